The van der Waals surface area contributed by atoms with E-state index in [1.807, 2.05) is 60.7 Å². The van der Waals surface area contributed by atoms with E-state index < -0.39 is 5.97 Å². The van der Waals surface area contributed by atoms with Crippen molar-refractivity contribution in [2.45, 2.75) is 52.6 Å². The van der Waals surface area contributed by atoms with E-state index in [1.165, 1.54) is 12.0 Å². The van der Waals surface area contributed by atoms with Crippen molar-refractivity contribution in [3.8, 4) is 5.75 Å². The van der Waals surface area contributed by atoms with Gasteiger partial charge < -0.3 is 14.8 Å². The molecule has 0 amide bonds. The molecule has 2 N–H and O–H groups in total. The summed E-state index contributed by atoms with van der Waals surface area (Å²) in [6, 6.07) is 23.5. The molecule has 0 saturated heterocycles. The van der Waals surface area contributed by atoms with E-state index in [1.54, 1.807) is 0 Å². The van der Waals surface area contributed by atoms with E-state index in [0.717, 1.165) is 34.2 Å². The SMILES string of the molecule is CC(C)CCc1ccc(OCc2cccc(C(=O)c3[nH]c4ccccc4c3CCCC(=O)O)c2)cc1. The van der Waals surface area contributed by atoms with E-state index >= 15 is 0 Å². The Morgan fingerprint density at radius 2 is 1.69 bits per heavy atom. The molecule has 5 nitrogen and oxygen atoms in total. The van der Waals surface area contributed by atoms with Crippen LogP contribution in [0.5, 0.6) is 5.75 Å². The lowest BCUT2D eigenvalue weighted by atomic mass is 9.98. The van der Waals surface area contributed by atoms with Gasteiger partial charge in [-0.2, -0.15) is 0 Å². The van der Waals surface area contributed by atoms with Gasteiger partial charge in [-0.1, -0.05) is 62.4 Å². The van der Waals surface area contributed by atoms with Crippen molar-refractivity contribution in [3.05, 3.63) is 101 Å². The van der Waals surface area contributed by atoms with Crippen LogP contribution in [0.4, 0.5) is 0 Å². The lowest BCUT2D eigenvalue weighted by Gasteiger charge is -2.10. The van der Waals surface area contributed by atoms with Crippen molar-refractivity contribution in [1.29, 1.82) is 0 Å². The van der Waals surface area contributed by atoms with Crippen LogP contribution in [0.2, 0.25) is 0 Å². The summed E-state index contributed by atoms with van der Waals surface area (Å²) < 4.78 is 5.99. The summed E-state index contributed by atoms with van der Waals surface area (Å²) in [4.78, 5) is 27.8. The number of carbonyl (C=O) groups is 2. The molecular weight excluding hydrogens is 450 g/mol. The number of hydrogen-bond acceptors (Lipinski definition) is 3. The van der Waals surface area contributed by atoms with Gasteiger partial charge in [-0.3, -0.25) is 9.59 Å². The molecule has 5 heteroatoms. The maximum absolute atomic E-state index is 13.5. The monoisotopic (exact) mass is 483 g/mol. The van der Waals surface area contributed by atoms with Crippen LogP contribution in [0.25, 0.3) is 10.9 Å². The van der Waals surface area contributed by atoms with Gasteiger partial charge in [0.05, 0.1) is 5.69 Å². The minimum atomic E-state index is -0.833. The van der Waals surface area contributed by atoms with Crippen LogP contribution in [0.1, 0.15) is 65.9 Å². The highest BCUT2D eigenvalue weighted by molar-refractivity contribution is 6.11. The standard InChI is InChI=1S/C31H33NO4/c1-21(2)13-14-22-15-17-25(18-16-22)36-20-23-7-5-8-24(19-23)31(35)30-27(10-6-12-29(33)34)26-9-3-4-11-28(26)32-30/h3-5,7-9,11,15-19,21,32H,6,10,12-14,20H2,1-2H3,(H,33,34). The van der Waals surface area contributed by atoms with Crippen molar-refractivity contribution >= 4 is 22.7 Å². The van der Waals surface area contributed by atoms with Gasteiger partial charge in [-0.25, -0.2) is 0 Å². The molecule has 0 spiro atoms. The Labute approximate surface area is 212 Å². The summed E-state index contributed by atoms with van der Waals surface area (Å²) in [5, 5.41) is 10.0. The van der Waals surface area contributed by atoms with Crippen molar-refractivity contribution < 1.29 is 19.4 Å². The Hall–Kier alpha value is -3.86. The number of benzene rings is 3. The first-order valence-corrected chi connectivity index (χ1v) is 12.6. The molecule has 0 aliphatic heterocycles. The van der Waals surface area contributed by atoms with Crippen molar-refractivity contribution in [2.24, 2.45) is 5.92 Å². The topological polar surface area (TPSA) is 79.4 Å². The third kappa shape index (κ3) is 6.42. The predicted molar refractivity (Wildman–Crippen MR) is 143 cm³/mol. The van der Waals surface area contributed by atoms with E-state index in [9.17, 15) is 9.59 Å². The highest BCUT2D eigenvalue weighted by Gasteiger charge is 2.19. The Morgan fingerprint density at radius 1 is 0.917 bits per heavy atom. The Morgan fingerprint density at radius 3 is 2.44 bits per heavy atom. The number of aromatic amines is 1. The Bertz CT molecular complexity index is 1330. The van der Waals surface area contributed by atoms with Crippen LogP contribution >= 0.6 is 0 Å². The fraction of sp³-hybridized carbons (Fsp3) is 0.290. The van der Waals surface area contributed by atoms with Crippen LogP contribution in [-0.2, 0) is 24.2 Å². The average Bonchev–Trinajstić information content (AvgIpc) is 3.25. The smallest absolute Gasteiger partial charge is 0.303 e. The van der Waals surface area contributed by atoms with Gasteiger partial charge in [0.25, 0.3) is 0 Å². The van der Waals surface area contributed by atoms with Gasteiger partial charge >= 0.3 is 5.97 Å². The number of aromatic nitrogens is 1. The zero-order valence-corrected chi connectivity index (χ0v) is 20.9. The second-order valence-electron chi connectivity index (χ2n) is 9.67. The largest absolute Gasteiger partial charge is 0.489 e. The van der Waals surface area contributed by atoms with Crippen LogP contribution < -0.4 is 4.74 Å². The summed E-state index contributed by atoms with van der Waals surface area (Å²) in [7, 11) is 0. The maximum Gasteiger partial charge on any atom is 0.303 e. The number of aliphatic carboxylic acids is 1. The average molecular weight is 484 g/mol. The number of ether oxygens (including phenoxy) is 1. The third-order valence-electron chi connectivity index (χ3n) is 6.39. The third-order valence-corrected chi connectivity index (χ3v) is 6.39. The number of hydrogen-bond donors (Lipinski definition) is 2. The van der Waals surface area contributed by atoms with Crippen LogP contribution in [0.3, 0.4) is 0 Å². The van der Waals surface area contributed by atoms with Crippen LogP contribution in [-0.4, -0.2) is 21.8 Å². The summed E-state index contributed by atoms with van der Waals surface area (Å²) in [6.07, 6.45) is 3.29. The molecule has 0 saturated carbocycles. The number of nitrogens with one attached hydrogen (secondary N) is 1. The number of carbonyl (C=O) groups excluding carboxylic acids is 1. The molecule has 1 heterocycles. The number of carboxylic acid groups (broad SMARTS) is 1. The van der Waals surface area contributed by atoms with E-state index in [2.05, 4.69) is 31.0 Å². The molecule has 0 unspecified atom stereocenters. The number of fused-ring (bicyclic) bond motifs is 1. The van der Waals surface area contributed by atoms with Crippen LogP contribution in [0, 0.1) is 5.92 Å². The molecule has 0 aliphatic rings. The molecular formula is C31H33NO4. The van der Waals surface area contributed by atoms with E-state index in [4.69, 9.17) is 9.84 Å². The molecule has 0 fully saturated rings. The van der Waals surface area contributed by atoms with Crippen molar-refractivity contribution in [2.75, 3.05) is 0 Å². The number of para-hydroxylation sites is 1. The minimum absolute atomic E-state index is 0.0681. The summed E-state index contributed by atoms with van der Waals surface area (Å²) in [5.74, 6) is 0.547. The number of rotatable bonds is 12. The fourth-order valence-electron chi connectivity index (χ4n) is 4.39. The molecule has 36 heavy (non-hydrogen) atoms. The molecule has 0 radical (unpaired) electrons. The second-order valence-corrected chi connectivity index (χ2v) is 9.67. The van der Waals surface area contributed by atoms with Gasteiger partial charge in [-0.15, -0.1) is 0 Å². The van der Waals surface area contributed by atoms with Crippen LogP contribution in [0.15, 0.2) is 72.8 Å². The molecule has 186 valence electrons. The Balaban J connectivity index is 1.48. The molecule has 1 aromatic heterocycles. The van der Waals surface area contributed by atoms with Crippen molar-refractivity contribution in [3.63, 3.8) is 0 Å². The number of ketones is 1. The first kappa shape index (κ1) is 25.2. The molecule has 0 bridgehead atoms. The Kier molecular flexibility index (Phi) is 8.21. The molecule has 0 aliphatic carbocycles. The number of aryl methyl sites for hydroxylation is 2. The minimum Gasteiger partial charge on any atom is -0.489 e. The zero-order chi connectivity index (χ0) is 25.5. The van der Waals surface area contributed by atoms with Gasteiger partial charge in [-0.05, 0) is 72.6 Å². The molecule has 0 atom stereocenters. The lowest BCUT2D eigenvalue weighted by Crippen LogP contribution is -2.07. The van der Waals surface area contributed by atoms with Gasteiger partial charge in [0.2, 0.25) is 5.78 Å². The first-order valence-electron chi connectivity index (χ1n) is 12.6. The van der Waals surface area contributed by atoms with Gasteiger partial charge in [0.1, 0.15) is 12.4 Å². The molecule has 4 rings (SSSR count). The molecule has 3 aromatic carbocycles. The highest BCUT2D eigenvalue weighted by Crippen LogP contribution is 2.27. The van der Waals surface area contributed by atoms with E-state index in [-0.39, 0.29) is 12.2 Å². The highest BCUT2D eigenvalue weighted by atomic mass is 16.5. The quantitative estimate of drug-likeness (QED) is 0.213. The number of carboxylic acids is 1. The summed E-state index contributed by atoms with van der Waals surface area (Å²) >= 11 is 0. The summed E-state index contributed by atoms with van der Waals surface area (Å²) in [5.41, 5.74) is 5.07. The second kappa shape index (κ2) is 11.7. The molecule has 4 aromatic rings. The van der Waals surface area contributed by atoms with E-state index in [0.29, 0.717) is 36.6 Å². The van der Waals surface area contributed by atoms with Gasteiger partial charge in [0, 0.05) is 22.9 Å². The first-order chi connectivity index (χ1) is 17.4. The summed E-state index contributed by atoms with van der Waals surface area (Å²) in [6.45, 7) is 4.83. The fourth-order valence-corrected chi connectivity index (χ4v) is 4.39. The normalized spacial score (nSPS) is 11.2. The maximum atomic E-state index is 13.5. The zero-order valence-electron chi connectivity index (χ0n) is 20.9. The number of H-pyrrole nitrogens is 1. The lowest BCUT2D eigenvalue weighted by molar-refractivity contribution is -0.137. The van der Waals surface area contributed by atoms with Crippen molar-refractivity contribution in [1.82, 2.24) is 4.98 Å². The predicted octanol–water partition coefficient (Wildman–Crippen LogP) is 6.97. The van der Waals surface area contributed by atoms with Gasteiger partial charge in [0.15, 0.2) is 0 Å².